The first-order valence-corrected chi connectivity index (χ1v) is 11.8. The number of fused-ring (bicyclic) bond motifs is 1. The molecular weight excluding hydrogens is 408 g/mol. The van der Waals surface area contributed by atoms with Gasteiger partial charge in [-0.25, -0.2) is 0 Å². The molecule has 1 amide bonds. The minimum atomic E-state index is -0.125. The second-order valence-electron chi connectivity index (χ2n) is 8.85. The number of nitrogens with zero attached hydrogens (tertiary/aromatic N) is 1. The number of amides is 1. The first-order chi connectivity index (χ1) is 16.2. The van der Waals surface area contributed by atoms with Crippen molar-refractivity contribution in [3.8, 4) is 0 Å². The molecular formula is C28H30N4O. The van der Waals surface area contributed by atoms with Gasteiger partial charge < -0.3 is 21.3 Å². The van der Waals surface area contributed by atoms with Gasteiger partial charge >= 0.3 is 0 Å². The fourth-order valence-electron chi connectivity index (χ4n) is 4.69. The minimum Gasteiger partial charge on any atom is -0.399 e. The third-order valence-corrected chi connectivity index (χ3v) is 6.49. The summed E-state index contributed by atoms with van der Waals surface area (Å²) in [5, 5.41) is 6.50. The summed E-state index contributed by atoms with van der Waals surface area (Å²) < 4.78 is 0. The molecule has 1 saturated heterocycles. The average molecular weight is 439 g/mol. The number of rotatable bonds is 6. The quantitative estimate of drug-likeness (QED) is 0.364. The highest BCUT2D eigenvalue weighted by Gasteiger charge is 2.28. The molecule has 5 nitrogen and oxygen atoms in total. The Kier molecular flexibility index (Phi) is 6.13. The van der Waals surface area contributed by atoms with Gasteiger partial charge in [-0.15, -0.1) is 0 Å². The average Bonchev–Trinajstić information content (AvgIpc) is 3.18. The number of carbonyl (C=O) groups is 1. The minimum absolute atomic E-state index is 0.125. The fourth-order valence-corrected chi connectivity index (χ4v) is 4.69. The van der Waals surface area contributed by atoms with Crippen LogP contribution < -0.4 is 16.4 Å². The molecule has 33 heavy (non-hydrogen) atoms. The Balaban J connectivity index is 1.42. The Labute approximate surface area is 195 Å². The van der Waals surface area contributed by atoms with Gasteiger partial charge in [0.05, 0.1) is 11.3 Å². The second-order valence-corrected chi connectivity index (χ2v) is 8.85. The van der Waals surface area contributed by atoms with Crippen LogP contribution in [0.5, 0.6) is 0 Å². The molecule has 2 aliphatic rings. The Morgan fingerprint density at radius 1 is 0.939 bits per heavy atom. The van der Waals surface area contributed by atoms with E-state index in [4.69, 9.17) is 5.73 Å². The number of nitrogens with two attached hydrogens (primary N) is 1. The smallest absolute Gasteiger partial charge is 0.258 e. The predicted molar refractivity (Wildman–Crippen MR) is 137 cm³/mol. The van der Waals surface area contributed by atoms with Crippen molar-refractivity contribution in [2.45, 2.75) is 25.7 Å². The molecule has 3 aromatic rings. The highest BCUT2D eigenvalue weighted by molar-refractivity contribution is 6.37. The molecule has 0 aromatic heterocycles. The van der Waals surface area contributed by atoms with Crippen LogP contribution in [-0.4, -0.2) is 30.4 Å². The highest BCUT2D eigenvalue weighted by atomic mass is 16.2. The predicted octanol–water partition coefficient (Wildman–Crippen LogP) is 5.23. The molecule has 0 atom stereocenters. The lowest BCUT2D eigenvalue weighted by molar-refractivity contribution is -0.110. The van der Waals surface area contributed by atoms with Crippen molar-refractivity contribution in [1.29, 1.82) is 0 Å². The molecule has 3 aromatic carbocycles. The zero-order valence-corrected chi connectivity index (χ0v) is 18.8. The van der Waals surface area contributed by atoms with E-state index in [9.17, 15) is 4.79 Å². The van der Waals surface area contributed by atoms with E-state index < -0.39 is 0 Å². The van der Waals surface area contributed by atoms with Gasteiger partial charge in [0.25, 0.3) is 5.91 Å². The molecule has 5 rings (SSSR count). The van der Waals surface area contributed by atoms with Crippen LogP contribution in [-0.2, 0) is 11.2 Å². The summed E-state index contributed by atoms with van der Waals surface area (Å²) in [6.07, 6.45) is 5.07. The zero-order valence-electron chi connectivity index (χ0n) is 18.8. The van der Waals surface area contributed by atoms with E-state index in [1.807, 2.05) is 42.5 Å². The van der Waals surface area contributed by atoms with Gasteiger partial charge in [0.2, 0.25) is 0 Å². The molecule has 0 radical (unpaired) electrons. The van der Waals surface area contributed by atoms with Crippen molar-refractivity contribution in [2.75, 3.05) is 36.0 Å². The number of nitrogen functional groups attached to an aromatic ring is 1. The number of nitrogens with one attached hydrogen (secondary N) is 2. The summed E-state index contributed by atoms with van der Waals surface area (Å²) in [5.41, 5.74) is 12.9. The van der Waals surface area contributed by atoms with Crippen molar-refractivity contribution in [1.82, 2.24) is 4.90 Å². The van der Waals surface area contributed by atoms with Crippen LogP contribution in [0, 0.1) is 0 Å². The van der Waals surface area contributed by atoms with E-state index in [1.54, 1.807) is 6.07 Å². The lowest BCUT2D eigenvalue weighted by Gasteiger charge is -2.26. The molecule has 0 aliphatic carbocycles. The van der Waals surface area contributed by atoms with Crippen LogP contribution in [0.25, 0.3) is 11.3 Å². The number of piperidine rings is 1. The first-order valence-electron chi connectivity index (χ1n) is 11.8. The maximum atomic E-state index is 13.0. The molecule has 2 heterocycles. The van der Waals surface area contributed by atoms with E-state index >= 15 is 0 Å². The van der Waals surface area contributed by atoms with E-state index in [-0.39, 0.29) is 5.91 Å². The maximum Gasteiger partial charge on any atom is 0.258 e. The lowest BCUT2D eigenvalue weighted by Crippen LogP contribution is -2.31. The number of anilines is 3. The van der Waals surface area contributed by atoms with Gasteiger partial charge in [-0.1, -0.05) is 48.9 Å². The Morgan fingerprint density at radius 3 is 2.45 bits per heavy atom. The normalized spacial score (nSPS) is 17.4. The number of hydrogen-bond acceptors (Lipinski definition) is 4. The van der Waals surface area contributed by atoms with E-state index in [1.165, 1.54) is 37.9 Å². The zero-order chi connectivity index (χ0) is 22.6. The Morgan fingerprint density at radius 2 is 1.70 bits per heavy atom. The summed E-state index contributed by atoms with van der Waals surface area (Å²) in [6, 6.07) is 24.0. The van der Waals surface area contributed by atoms with Crippen LogP contribution >= 0.6 is 0 Å². The van der Waals surface area contributed by atoms with Gasteiger partial charge in [0.15, 0.2) is 0 Å². The molecule has 5 heteroatoms. The Bertz CT molecular complexity index is 1160. The standard InChI is InChI=1S/C28H30N4O/c29-22-11-14-25-24(19-22)26(28(33)31-25)27(21-7-3-1-4-8-21)30-23-12-9-20(10-13-23)15-18-32-16-5-2-6-17-32/h1,3-4,7-14,19,30H,2,5-6,15-18,29H2,(H,31,33). The van der Waals surface area contributed by atoms with Crippen molar-refractivity contribution < 1.29 is 4.79 Å². The van der Waals surface area contributed by atoms with Crippen molar-refractivity contribution >= 4 is 34.2 Å². The molecule has 0 bridgehead atoms. The molecule has 2 aliphatic heterocycles. The van der Waals surface area contributed by atoms with E-state index in [0.29, 0.717) is 11.3 Å². The summed E-state index contributed by atoms with van der Waals surface area (Å²) in [6.45, 7) is 3.56. The maximum absolute atomic E-state index is 13.0. The van der Waals surface area contributed by atoms with Gasteiger partial charge in [-0.3, -0.25) is 4.79 Å². The van der Waals surface area contributed by atoms with Gasteiger partial charge in [0, 0.05) is 29.2 Å². The SMILES string of the molecule is Nc1ccc2c(c1)C(=C(Nc1ccc(CCN3CCCCC3)cc1)c1ccccc1)C(=O)N2. The number of carbonyl (C=O) groups excluding carboxylic acids is 1. The van der Waals surface area contributed by atoms with Crippen molar-refractivity contribution in [2.24, 2.45) is 0 Å². The number of likely N-dealkylation sites (tertiary alicyclic amines) is 1. The molecule has 0 saturated carbocycles. The molecule has 4 N–H and O–H groups in total. The van der Waals surface area contributed by atoms with Crippen LogP contribution in [0.15, 0.2) is 72.8 Å². The summed E-state index contributed by atoms with van der Waals surface area (Å²) >= 11 is 0. The fraction of sp³-hybridized carbons (Fsp3) is 0.250. The van der Waals surface area contributed by atoms with Crippen LogP contribution in [0.4, 0.5) is 17.1 Å². The topological polar surface area (TPSA) is 70.4 Å². The first kappa shape index (κ1) is 21.3. The van der Waals surface area contributed by atoms with E-state index in [2.05, 4.69) is 39.8 Å². The van der Waals surface area contributed by atoms with Crippen LogP contribution in [0.3, 0.4) is 0 Å². The Hall–Kier alpha value is -3.57. The van der Waals surface area contributed by atoms with E-state index in [0.717, 1.165) is 41.2 Å². The number of benzene rings is 3. The molecule has 1 fully saturated rings. The summed E-state index contributed by atoms with van der Waals surface area (Å²) in [7, 11) is 0. The molecule has 0 unspecified atom stereocenters. The largest absolute Gasteiger partial charge is 0.399 e. The summed E-state index contributed by atoms with van der Waals surface area (Å²) in [4.78, 5) is 15.5. The van der Waals surface area contributed by atoms with Gasteiger partial charge in [0.1, 0.15) is 0 Å². The number of hydrogen-bond donors (Lipinski definition) is 3. The van der Waals surface area contributed by atoms with Crippen molar-refractivity contribution in [3.63, 3.8) is 0 Å². The van der Waals surface area contributed by atoms with Crippen LogP contribution in [0.2, 0.25) is 0 Å². The summed E-state index contributed by atoms with van der Waals surface area (Å²) in [5.74, 6) is -0.125. The second kappa shape index (κ2) is 9.51. The lowest BCUT2D eigenvalue weighted by atomic mass is 9.99. The molecule has 168 valence electrons. The highest BCUT2D eigenvalue weighted by Crippen LogP contribution is 2.38. The monoisotopic (exact) mass is 438 g/mol. The van der Waals surface area contributed by atoms with Crippen LogP contribution in [0.1, 0.15) is 36.0 Å². The third kappa shape index (κ3) is 4.78. The molecule has 0 spiro atoms. The van der Waals surface area contributed by atoms with Gasteiger partial charge in [-0.05, 0) is 73.8 Å². The third-order valence-electron chi connectivity index (χ3n) is 6.49. The van der Waals surface area contributed by atoms with Crippen molar-refractivity contribution in [3.05, 3.63) is 89.5 Å². The van der Waals surface area contributed by atoms with Gasteiger partial charge in [-0.2, -0.15) is 0 Å².